The van der Waals surface area contributed by atoms with Gasteiger partial charge in [-0.25, -0.2) is 0 Å². The Bertz CT molecular complexity index is 408. The second kappa shape index (κ2) is 5.54. The highest BCUT2D eigenvalue weighted by molar-refractivity contribution is 5.82. The summed E-state index contributed by atoms with van der Waals surface area (Å²) in [4.78, 5) is 17.1. The number of ether oxygens (including phenoxy) is 1. The third-order valence-electron chi connectivity index (χ3n) is 6.12. The summed E-state index contributed by atoms with van der Waals surface area (Å²) in [6, 6.07) is 0. The topological polar surface area (TPSA) is 32.8 Å². The molecule has 3 heterocycles. The number of piperidine rings is 1. The predicted molar refractivity (Wildman–Crippen MR) is 80.9 cm³/mol. The minimum Gasteiger partial charge on any atom is -0.376 e. The van der Waals surface area contributed by atoms with Gasteiger partial charge in [0.25, 0.3) is 0 Å². The van der Waals surface area contributed by atoms with E-state index in [2.05, 4.69) is 16.7 Å². The molecule has 5 atom stereocenters. The Morgan fingerprint density at radius 3 is 2.67 bits per heavy atom. The minimum atomic E-state index is 0.317. The molecule has 4 nitrogen and oxygen atoms in total. The van der Waals surface area contributed by atoms with Crippen molar-refractivity contribution in [2.45, 2.75) is 38.7 Å². The quantitative estimate of drug-likeness (QED) is 0.792. The number of carbonyl (C=O) groups excluding carboxylic acids is 1. The molecular weight excluding hydrogens is 264 g/mol. The lowest BCUT2D eigenvalue weighted by atomic mass is 9.92. The molecule has 0 bridgehead atoms. The maximum atomic E-state index is 12.4. The van der Waals surface area contributed by atoms with E-state index in [-0.39, 0.29) is 0 Å². The van der Waals surface area contributed by atoms with Gasteiger partial charge in [-0.1, -0.05) is 13.3 Å². The Morgan fingerprint density at radius 1 is 1.19 bits per heavy atom. The zero-order chi connectivity index (χ0) is 14.4. The second-order valence-corrected chi connectivity index (χ2v) is 7.72. The van der Waals surface area contributed by atoms with Crippen molar-refractivity contribution in [1.29, 1.82) is 0 Å². The fourth-order valence-electron chi connectivity index (χ4n) is 4.54. The van der Waals surface area contributed by atoms with Crippen LogP contribution in [-0.2, 0) is 9.53 Å². The fourth-order valence-corrected chi connectivity index (χ4v) is 4.54. The molecule has 0 aromatic rings. The highest BCUT2D eigenvalue weighted by atomic mass is 16.5. The summed E-state index contributed by atoms with van der Waals surface area (Å²) in [5.74, 6) is 2.57. The number of nitrogens with zero attached hydrogens (tertiary/aromatic N) is 2. The predicted octanol–water partition coefficient (Wildman–Crippen LogP) is 1.60. The van der Waals surface area contributed by atoms with Crippen molar-refractivity contribution in [3.05, 3.63) is 0 Å². The molecule has 118 valence electrons. The lowest BCUT2D eigenvalue weighted by Crippen LogP contribution is -2.38. The maximum Gasteiger partial charge on any atom is 0.226 e. The van der Waals surface area contributed by atoms with Gasteiger partial charge in [0.2, 0.25) is 5.91 Å². The van der Waals surface area contributed by atoms with E-state index in [0.717, 1.165) is 26.1 Å². The zero-order valence-corrected chi connectivity index (χ0v) is 13.2. The number of rotatable bonds is 3. The molecule has 0 aromatic heterocycles. The van der Waals surface area contributed by atoms with Crippen LogP contribution in [0.1, 0.15) is 32.6 Å². The summed E-state index contributed by atoms with van der Waals surface area (Å²) in [5.41, 5.74) is 0. The molecule has 0 aromatic carbocycles. The molecule has 0 unspecified atom stereocenters. The molecule has 1 saturated carbocycles. The van der Waals surface area contributed by atoms with E-state index in [1.807, 2.05) is 0 Å². The van der Waals surface area contributed by atoms with Crippen LogP contribution in [0.2, 0.25) is 0 Å². The standard InChI is InChI=1S/C17H28N2O2/c1-12-7-14(12)17(20)19-9-15-13(11-21-16(15)10-19)8-18-5-3-2-4-6-18/h12-16H,2-11H2,1H3/t12-,13+,14-,15+,16+/m0/s1. The lowest BCUT2D eigenvalue weighted by molar-refractivity contribution is -0.132. The Morgan fingerprint density at radius 2 is 1.95 bits per heavy atom. The zero-order valence-electron chi connectivity index (χ0n) is 13.2. The highest BCUT2D eigenvalue weighted by Gasteiger charge is 2.49. The molecule has 0 N–H and O–H groups in total. The Kier molecular flexibility index (Phi) is 3.70. The average molecular weight is 292 g/mol. The molecule has 1 aliphatic carbocycles. The van der Waals surface area contributed by atoms with Gasteiger partial charge in [0.15, 0.2) is 0 Å². The Hall–Kier alpha value is -0.610. The van der Waals surface area contributed by atoms with Crippen LogP contribution in [0.3, 0.4) is 0 Å². The van der Waals surface area contributed by atoms with E-state index in [1.54, 1.807) is 0 Å². The number of hydrogen-bond donors (Lipinski definition) is 0. The van der Waals surface area contributed by atoms with Gasteiger partial charge in [0.1, 0.15) is 0 Å². The van der Waals surface area contributed by atoms with Gasteiger partial charge >= 0.3 is 0 Å². The van der Waals surface area contributed by atoms with E-state index >= 15 is 0 Å². The van der Waals surface area contributed by atoms with Crippen molar-refractivity contribution < 1.29 is 9.53 Å². The van der Waals surface area contributed by atoms with Crippen LogP contribution in [0.15, 0.2) is 0 Å². The highest BCUT2D eigenvalue weighted by Crippen LogP contribution is 2.42. The van der Waals surface area contributed by atoms with Crippen LogP contribution in [0.25, 0.3) is 0 Å². The Labute approximate surface area is 127 Å². The first-order valence-electron chi connectivity index (χ1n) is 8.85. The average Bonchev–Trinajstić information content (AvgIpc) is 2.93. The SMILES string of the molecule is C[C@H]1C[C@@H]1C(=O)N1C[C@@H]2[C@H](CN3CCCCC3)CO[C@@H]2C1. The van der Waals surface area contributed by atoms with Gasteiger partial charge in [-0.15, -0.1) is 0 Å². The number of carbonyl (C=O) groups is 1. The van der Waals surface area contributed by atoms with E-state index < -0.39 is 0 Å². The molecular formula is C17H28N2O2. The van der Waals surface area contributed by atoms with Crippen LogP contribution in [0.5, 0.6) is 0 Å². The molecule has 4 aliphatic rings. The molecule has 3 saturated heterocycles. The van der Waals surface area contributed by atoms with Gasteiger partial charge in [0, 0.05) is 37.4 Å². The monoisotopic (exact) mass is 292 g/mol. The first-order valence-corrected chi connectivity index (χ1v) is 8.85. The Balaban J connectivity index is 1.33. The van der Waals surface area contributed by atoms with Crippen molar-refractivity contribution in [2.75, 3.05) is 39.3 Å². The van der Waals surface area contributed by atoms with E-state index in [1.165, 1.54) is 38.9 Å². The largest absolute Gasteiger partial charge is 0.376 e. The van der Waals surface area contributed by atoms with Crippen LogP contribution < -0.4 is 0 Å². The number of hydrogen-bond acceptors (Lipinski definition) is 3. The van der Waals surface area contributed by atoms with E-state index in [9.17, 15) is 4.79 Å². The van der Waals surface area contributed by atoms with E-state index in [0.29, 0.717) is 35.7 Å². The number of fused-ring (bicyclic) bond motifs is 1. The summed E-state index contributed by atoms with van der Waals surface area (Å²) in [7, 11) is 0. The molecule has 4 fully saturated rings. The van der Waals surface area contributed by atoms with Gasteiger partial charge in [-0.05, 0) is 38.3 Å². The summed E-state index contributed by atoms with van der Waals surface area (Å²) in [6.45, 7) is 8.60. The molecule has 3 aliphatic heterocycles. The third kappa shape index (κ3) is 2.72. The molecule has 4 rings (SSSR count). The fraction of sp³-hybridized carbons (Fsp3) is 0.941. The molecule has 21 heavy (non-hydrogen) atoms. The van der Waals surface area contributed by atoms with Crippen molar-refractivity contribution in [1.82, 2.24) is 9.80 Å². The van der Waals surface area contributed by atoms with E-state index in [4.69, 9.17) is 4.74 Å². The summed E-state index contributed by atoms with van der Waals surface area (Å²) in [6.07, 6.45) is 5.52. The van der Waals surface area contributed by atoms with Gasteiger partial charge in [-0.3, -0.25) is 4.79 Å². The number of likely N-dealkylation sites (tertiary alicyclic amines) is 2. The summed E-state index contributed by atoms with van der Waals surface area (Å²) >= 11 is 0. The van der Waals surface area contributed by atoms with Gasteiger partial charge < -0.3 is 14.5 Å². The molecule has 0 spiro atoms. The smallest absolute Gasteiger partial charge is 0.226 e. The first kappa shape index (κ1) is 14.0. The van der Waals surface area contributed by atoms with Crippen molar-refractivity contribution in [2.24, 2.45) is 23.7 Å². The summed E-state index contributed by atoms with van der Waals surface area (Å²) < 4.78 is 6.02. The van der Waals surface area contributed by atoms with Gasteiger partial charge in [-0.2, -0.15) is 0 Å². The lowest BCUT2D eigenvalue weighted by Gasteiger charge is -2.30. The van der Waals surface area contributed by atoms with Gasteiger partial charge in [0.05, 0.1) is 12.7 Å². The first-order chi connectivity index (χ1) is 10.2. The van der Waals surface area contributed by atoms with Crippen LogP contribution >= 0.6 is 0 Å². The van der Waals surface area contributed by atoms with Crippen LogP contribution in [0.4, 0.5) is 0 Å². The van der Waals surface area contributed by atoms with Crippen LogP contribution in [0, 0.1) is 23.7 Å². The molecule has 4 heteroatoms. The van der Waals surface area contributed by atoms with Crippen molar-refractivity contribution in [3.63, 3.8) is 0 Å². The normalized spacial score (nSPS) is 43.1. The molecule has 0 radical (unpaired) electrons. The maximum absolute atomic E-state index is 12.4. The second-order valence-electron chi connectivity index (χ2n) is 7.72. The minimum absolute atomic E-state index is 0.317. The van der Waals surface area contributed by atoms with Crippen LogP contribution in [-0.4, -0.2) is 61.1 Å². The summed E-state index contributed by atoms with van der Waals surface area (Å²) in [5, 5.41) is 0. The number of amides is 1. The van der Waals surface area contributed by atoms with Crippen molar-refractivity contribution >= 4 is 5.91 Å². The molecule has 1 amide bonds. The van der Waals surface area contributed by atoms with Crippen molar-refractivity contribution in [3.8, 4) is 0 Å². The third-order valence-corrected chi connectivity index (χ3v) is 6.12.